The Bertz CT molecular complexity index is 1310. The first-order valence-corrected chi connectivity index (χ1v) is 10.4. The Hall–Kier alpha value is -4.53. The molecule has 3 heterocycles. The molecule has 0 N–H and O–H groups in total. The maximum Gasteiger partial charge on any atom is 0.357 e. The molecule has 0 unspecified atom stereocenters. The molecule has 164 valence electrons. The predicted molar refractivity (Wildman–Crippen MR) is 120 cm³/mol. The second kappa shape index (κ2) is 8.91. The lowest BCUT2D eigenvalue weighted by atomic mass is 10.2. The normalized spacial score (nSPS) is 13.1. The fraction of sp³-hybridized carbons (Fsp3) is 0.125. The number of benzene rings is 2. The van der Waals surface area contributed by atoms with E-state index in [0.717, 1.165) is 17.7 Å². The van der Waals surface area contributed by atoms with Gasteiger partial charge in [-0.1, -0.05) is 48.5 Å². The summed E-state index contributed by atoms with van der Waals surface area (Å²) in [4.78, 5) is 27.5. The summed E-state index contributed by atoms with van der Waals surface area (Å²) in [5.41, 5.74) is 2.67. The van der Waals surface area contributed by atoms with Crippen LogP contribution in [0.5, 0.6) is 0 Å². The van der Waals surface area contributed by atoms with E-state index in [0.29, 0.717) is 23.7 Å². The third kappa shape index (κ3) is 4.16. The molecule has 9 heteroatoms. The Morgan fingerprint density at radius 2 is 1.85 bits per heavy atom. The molecule has 33 heavy (non-hydrogen) atoms. The standard InChI is InChI=1S/C24H19N5O4/c30-22(28-13-12-17-7-4-5-11-20(17)28)16-33-24(31)21(15-19-10-6-14-32-19)29-23(25-26-27-29)18-8-2-1-3-9-18/h1-11,14-15H,12-13,16H2/b21-15-. The molecule has 1 aliphatic rings. The Labute approximate surface area is 188 Å². The van der Waals surface area contributed by atoms with Crippen molar-refractivity contribution in [2.75, 3.05) is 18.1 Å². The van der Waals surface area contributed by atoms with Gasteiger partial charge in [0.15, 0.2) is 18.1 Å². The van der Waals surface area contributed by atoms with Gasteiger partial charge in [0.2, 0.25) is 0 Å². The number of hydrogen-bond donors (Lipinski definition) is 0. The zero-order chi connectivity index (χ0) is 22.6. The summed E-state index contributed by atoms with van der Waals surface area (Å²) in [7, 11) is 0. The summed E-state index contributed by atoms with van der Waals surface area (Å²) in [6.45, 7) is 0.140. The number of fused-ring (bicyclic) bond motifs is 1. The van der Waals surface area contributed by atoms with Crippen LogP contribution in [0, 0.1) is 0 Å². The molecular weight excluding hydrogens is 422 g/mol. The molecule has 9 nitrogen and oxygen atoms in total. The largest absolute Gasteiger partial charge is 0.465 e. The van der Waals surface area contributed by atoms with E-state index in [-0.39, 0.29) is 11.6 Å². The monoisotopic (exact) mass is 441 g/mol. The molecule has 0 spiro atoms. The SMILES string of the molecule is O=C(OCC(=O)N1CCc2ccccc21)/C(=C/c1ccco1)n1nnnc1-c1ccccc1. The van der Waals surface area contributed by atoms with Gasteiger partial charge < -0.3 is 14.1 Å². The van der Waals surface area contributed by atoms with E-state index in [4.69, 9.17) is 9.15 Å². The molecule has 0 saturated heterocycles. The van der Waals surface area contributed by atoms with Gasteiger partial charge in [0.05, 0.1) is 6.26 Å². The molecule has 2 aromatic carbocycles. The Morgan fingerprint density at radius 3 is 2.67 bits per heavy atom. The van der Waals surface area contributed by atoms with Crippen molar-refractivity contribution in [3.63, 3.8) is 0 Å². The second-order valence-electron chi connectivity index (χ2n) is 7.33. The van der Waals surface area contributed by atoms with Crippen molar-refractivity contribution in [2.45, 2.75) is 6.42 Å². The number of esters is 1. The van der Waals surface area contributed by atoms with Gasteiger partial charge in [-0.15, -0.1) is 5.10 Å². The fourth-order valence-corrected chi connectivity index (χ4v) is 3.71. The maximum atomic E-state index is 13.1. The van der Waals surface area contributed by atoms with E-state index in [9.17, 15) is 9.59 Å². The van der Waals surface area contributed by atoms with E-state index in [1.54, 1.807) is 17.0 Å². The van der Waals surface area contributed by atoms with Crippen LogP contribution in [0.15, 0.2) is 77.4 Å². The van der Waals surface area contributed by atoms with Crippen molar-refractivity contribution in [2.24, 2.45) is 0 Å². The summed E-state index contributed by atoms with van der Waals surface area (Å²) in [5, 5.41) is 11.8. The number of para-hydroxylation sites is 1. The van der Waals surface area contributed by atoms with E-state index in [2.05, 4.69) is 15.5 Å². The molecular formula is C24H19N5O4. The minimum atomic E-state index is -0.753. The highest BCUT2D eigenvalue weighted by Gasteiger charge is 2.27. The highest BCUT2D eigenvalue weighted by Crippen LogP contribution is 2.27. The zero-order valence-electron chi connectivity index (χ0n) is 17.5. The smallest absolute Gasteiger partial charge is 0.357 e. The lowest BCUT2D eigenvalue weighted by Crippen LogP contribution is -2.33. The molecule has 4 aromatic rings. The number of ether oxygens (including phenoxy) is 1. The molecule has 0 atom stereocenters. The molecule has 0 radical (unpaired) electrons. The highest BCUT2D eigenvalue weighted by molar-refractivity contribution is 6.16. The summed E-state index contributed by atoms with van der Waals surface area (Å²) in [6, 6.07) is 20.3. The molecule has 5 rings (SSSR count). The van der Waals surface area contributed by atoms with Crippen LogP contribution < -0.4 is 4.90 Å². The second-order valence-corrected chi connectivity index (χ2v) is 7.33. The number of rotatable bonds is 6. The van der Waals surface area contributed by atoms with Crippen LogP contribution in [-0.2, 0) is 20.7 Å². The number of hydrogen-bond acceptors (Lipinski definition) is 7. The molecule has 1 aliphatic heterocycles. The van der Waals surface area contributed by atoms with Crippen molar-refractivity contribution in [3.05, 3.63) is 84.3 Å². The summed E-state index contributed by atoms with van der Waals surface area (Å²) in [6.07, 6.45) is 3.73. The topological polar surface area (TPSA) is 103 Å². The molecule has 0 aliphatic carbocycles. The van der Waals surface area contributed by atoms with Gasteiger partial charge in [-0.05, 0) is 40.6 Å². The Kier molecular flexibility index (Phi) is 5.50. The average Bonchev–Trinajstić information content (AvgIpc) is 3.62. The van der Waals surface area contributed by atoms with Crippen molar-refractivity contribution in [1.82, 2.24) is 20.2 Å². The summed E-state index contributed by atoms with van der Waals surface area (Å²) >= 11 is 0. The summed E-state index contributed by atoms with van der Waals surface area (Å²) < 4.78 is 12.0. The van der Waals surface area contributed by atoms with Gasteiger partial charge in [0.25, 0.3) is 5.91 Å². The van der Waals surface area contributed by atoms with Crippen LogP contribution in [0.4, 0.5) is 5.69 Å². The maximum absolute atomic E-state index is 13.1. The number of nitrogens with zero attached hydrogens (tertiary/aromatic N) is 5. The van der Waals surface area contributed by atoms with Crippen LogP contribution in [0.2, 0.25) is 0 Å². The van der Waals surface area contributed by atoms with Crippen LogP contribution in [0.25, 0.3) is 23.2 Å². The van der Waals surface area contributed by atoms with E-state index < -0.39 is 12.6 Å². The van der Waals surface area contributed by atoms with Gasteiger partial charge in [-0.2, -0.15) is 4.68 Å². The van der Waals surface area contributed by atoms with Crippen molar-refractivity contribution >= 4 is 29.3 Å². The van der Waals surface area contributed by atoms with E-state index in [1.807, 2.05) is 54.6 Å². The van der Waals surface area contributed by atoms with Gasteiger partial charge >= 0.3 is 5.97 Å². The fourth-order valence-electron chi connectivity index (χ4n) is 3.71. The number of carbonyl (C=O) groups is 2. The minimum Gasteiger partial charge on any atom is -0.465 e. The van der Waals surface area contributed by atoms with Gasteiger partial charge in [-0.25, -0.2) is 4.79 Å². The molecule has 1 amide bonds. The van der Waals surface area contributed by atoms with Crippen LogP contribution in [0.3, 0.4) is 0 Å². The first-order valence-electron chi connectivity index (χ1n) is 10.4. The number of amides is 1. The van der Waals surface area contributed by atoms with Crippen molar-refractivity contribution < 1.29 is 18.7 Å². The van der Waals surface area contributed by atoms with Crippen LogP contribution >= 0.6 is 0 Å². The summed E-state index contributed by atoms with van der Waals surface area (Å²) in [5.74, 6) is -0.288. The third-order valence-electron chi connectivity index (χ3n) is 5.28. The van der Waals surface area contributed by atoms with Crippen LogP contribution in [-0.4, -0.2) is 45.2 Å². The van der Waals surface area contributed by atoms with Crippen molar-refractivity contribution in [1.29, 1.82) is 0 Å². The predicted octanol–water partition coefficient (Wildman–Crippen LogP) is 3.06. The lowest BCUT2D eigenvalue weighted by Gasteiger charge is -2.17. The van der Waals surface area contributed by atoms with Gasteiger partial charge in [0, 0.05) is 23.9 Å². The number of tetrazole rings is 1. The molecule has 0 fully saturated rings. The molecule has 0 bridgehead atoms. The Morgan fingerprint density at radius 1 is 1.03 bits per heavy atom. The van der Waals surface area contributed by atoms with Crippen molar-refractivity contribution in [3.8, 4) is 11.4 Å². The minimum absolute atomic E-state index is 0.0171. The van der Waals surface area contributed by atoms with Gasteiger partial charge in [-0.3, -0.25) is 4.79 Å². The first kappa shape index (κ1) is 20.4. The zero-order valence-corrected chi connectivity index (χ0v) is 17.5. The average molecular weight is 441 g/mol. The van der Waals surface area contributed by atoms with Crippen LogP contribution in [0.1, 0.15) is 11.3 Å². The number of aromatic nitrogens is 4. The molecule has 0 saturated carbocycles. The molecule has 2 aromatic heterocycles. The highest BCUT2D eigenvalue weighted by atomic mass is 16.5. The van der Waals surface area contributed by atoms with E-state index in [1.165, 1.54) is 17.0 Å². The number of anilines is 1. The first-order chi connectivity index (χ1) is 16.2. The van der Waals surface area contributed by atoms with E-state index >= 15 is 0 Å². The Balaban J connectivity index is 1.39. The third-order valence-corrected chi connectivity index (χ3v) is 5.28. The number of carbonyl (C=O) groups excluding carboxylic acids is 2. The quantitative estimate of drug-likeness (QED) is 0.335. The van der Waals surface area contributed by atoms with Gasteiger partial charge in [0.1, 0.15) is 5.76 Å². The lowest BCUT2D eigenvalue weighted by molar-refractivity contribution is -0.142. The number of furan rings is 1.